The number of carbonyl (C=O) groups is 2. The Hall–Kier alpha value is -4.36. The molecule has 2 aliphatic rings. The number of unbranched alkanes of at least 4 members (excludes halogenated alkanes) is 7. The molecule has 0 bridgehead atoms. The number of carbonyl (C=O) groups excluding carboxylic acids is 2. The minimum atomic E-state index is -5.46. The van der Waals surface area contributed by atoms with Crippen molar-refractivity contribution in [1.82, 2.24) is 9.55 Å². The molecule has 9 atom stereocenters. The number of phosphoric acid groups is 2. The molecule has 2 fully saturated rings. The summed E-state index contributed by atoms with van der Waals surface area (Å²) in [7, 11) is -10.9. The van der Waals surface area contributed by atoms with E-state index in [1.165, 1.54) is 44.6 Å². The number of hydrogen-bond acceptors (Lipinski definition) is 16. The Balaban J connectivity index is 1.44. The maximum atomic E-state index is 12.9. The topological polar surface area (TPSA) is 278 Å². The van der Waals surface area contributed by atoms with E-state index in [-0.39, 0.29) is 30.9 Å². The van der Waals surface area contributed by atoms with Gasteiger partial charge in [0, 0.05) is 19.0 Å². The number of epoxide rings is 1. The van der Waals surface area contributed by atoms with Crippen molar-refractivity contribution in [2.75, 3.05) is 25.6 Å². The van der Waals surface area contributed by atoms with Gasteiger partial charge in [-0.15, -0.1) is 0 Å². The average Bonchev–Trinajstić information content (AvgIpc) is 4.06. The van der Waals surface area contributed by atoms with Crippen molar-refractivity contribution in [1.29, 1.82) is 0 Å². The summed E-state index contributed by atoms with van der Waals surface area (Å²) in [6, 6.07) is 1.24. The fourth-order valence-corrected chi connectivity index (χ4v) is 9.44. The molecule has 0 radical (unpaired) electrons. The summed E-state index contributed by atoms with van der Waals surface area (Å²) in [6.45, 7) is 1.95. The highest BCUT2D eigenvalue weighted by Crippen LogP contribution is 2.60. The van der Waals surface area contributed by atoms with Crippen LogP contribution in [0.4, 0.5) is 5.82 Å². The molecule has 19 nitrogen and oxygen atoms in total. The quantitative estimate of drug-likeness (QED) is 0.0134. The number of allylic oxidation sites excluding steroid dienone is 14. The lowest BCUT2D eigenvalue weighted by Gasteiger charge is -2.21. The number of nitrogens with zero attached hydrogens (tertiary/aromatic N) is 2. The minimum Gasteiger partial charge on any atom is -0.462 e. The summed E-state index contributed by atoms with van der Waals surface area (Å²) in [5.74, 6) is -1.48. The van der Waals surface area contributed by atoms with Gasteiger partial charge in [-0.1, -0.05) is 137 Å². The number of nitrogen functional groups attached to an aromatic ring is 1. The predicted octanol–water partition coefficient (Wildman–Crippen LogP) is 10.2. The fraction of sp³-hybridized carbons (Fsp3) is 0.593. The summed E-state index contributed by atoms with van der Waals surface area (Å²) in [6.07, 6.45) is 43.8. The molecular formula is C54H83N3O16P2. The van der Waals surface area contributed by atoms with E-state index >= 15 is 0 Å². The van der Waals surface area contributed by atoms with Gasteiger partial charge < -0.3 is 44.7 Å². The molecule has 0 aromatic carbocycles. The van der Waals surface area contributed by atoms with Gasteiger partial charge in [-0.05, 0) is 96.0 Å². The van der Waals surface area contributed by atoms with E-state index in [1.54, 1.807) is 0 Å². The number of ether oxygens (including phenoxy) is 4. The molecule has 2 saturated heterocycles. The molecule has 3 heterocycles. The second-order valence-electron chi connectivity index (χ2n) is 18.1. The lowest BCUT2D eigenvalue weighted by molar-refractivity contribution is -0.161. The standard InChI is InChI=1S/C54H83N3O16P2/c1-3-5-7-9-11-13-14-15-16-17-18-19-20-21-22-24-26-28-33-37-49(58)67-41-44(70-50(59)38-34-30-29-32-36-46-45(71-46)35-31-27-25-23-12-10-8-6-4-2)42-68-74(63,64)73-75(65,66)69-43-47-51(60)52(61)53(72-47)57-40-39-48(55)56-54(57)62/h11-13,15-16,18-19,21-23,26-29,31-32,39-40,44-47,51-53,60-61H,3-10,14,17,20,24-25,30,33-38,41-43H2,1-2H3,(H,63,64)(H,65,66)(H2,55,56,62)/b13-11-,16-15-,19-18-,22-21-,23-12-,28-26-,31-27-,32-29-/t44-,45?,46?,47-,51-,52-,53-/m1/s1. The SMILES string of the molecule is CCCCC/C=C\C/C=C\C/C=C\C/C=C\C/C=C\CCC(=O)OC[C@H](COP(=O)(O)OP(=O)(O)OC[C@H]1O[C@@H](n2ccc(N)nc2=O)[C@H](O)[C@@H]1O)OC(=O)CCC/C=C\CC1OC1C/C=C\C/C=C\CCCCC. The van der Waals surface area contributed by atoms with Crippen LogP contribution < -0.4 is 11.4 Å². The highest BCUT2D eigenvalue weighted by molar-refractivity contribution is 7.61. The lowest BCUT2D eigenvalue weighted by Crippen LogP contribution is -2.36. The molecule has 4 unspecified atom stereocenters. The summed E-state index contributed by atoms with van der Waals surface area (Å²) in [5, 5.41) is 20.9. The summed E-state index contributed by atoms with van der Waals surface area (Å²) in [4.78, 5) is 62.0. The van der Waals surface area contributed by atoms with Crippen LogP contribution in [0.25, 0.3) is 0 Å². The smallest absolute Gasteiger partial charge is 0.462 e. The Labute approximate surface area is 443 Å². The first-order valence-electron chi connectivity index (χ1n) is 26.4. The summed E-state index contributed by atoms with van der Waals surface area (Å²) >= 11 is 0. The number of rotatable bonds is 41. The molecule has 1 aromatic rings. The summed E-state index contributed by atoms with van der Waals surface area (Å²) < 4.78 is 62.5. The molecule has 0 aliphatic carbocycles. The Kier molecular flexibility index (Phi) is 33.1. The highest BCUT2D eigenvalue weighted by Gasteiger charge is 2.46. The largest absolute Gasteiger partial charge is 0.481 e. The third kappa shape index (κ3) is 30.2. The molecule has 0 amide bonds. The van der Waals surface area contributed by atoms with E-state index < -0.39 is 83.7 Å². The number of aliphatic hydroxyl groups is 2. The van der Waals surface area contributed by atoms with E-state index in [9.17, 15) is 43.5 Å². The average molecular weight is 1090 g/mol. The van der Waals surface area contributed by atoms with Gasteiger partial charge in [-0.3, -0.25) is 23.2 Å². The maximum absolute atomic E-state index is 12.9. The van der Waals surface area contributed by atoms with Crippen molar-refractivity contribution in [3.05, 3.63) is 120 Å². The van der Waals surface area contributed by atoms with Crippen LogP contribution >= 0.6 is 15.6 Å². The third-order valence-corrected chi connectivity index (χ3v) is 14.2. The van der Waals surface area contributed by atoms with Gasteiger partial charge in [0.1, 0.15) is 30.7 Å². The minimum absolute atomic E-state index is 0.0173. The third-order valence-electron chi connectivity index (χ3n) is 11.6. The molecule has 0 saturated carbocycles. The van der Waals surface area contributed by atoms with Crippen molar-refractivity contribution in [3.8, 4) is 0 Å². The van der Waals surface area contributed by atoms with Crippen molar-refractivity contribution < 1.29 is 71.0 Å². The maximum Gasteiger partial charge on any atom is 0.481 e. The van der Waals surface area contributed by atoms with Gasteiger partial charge in [0.15, 0.2) is 12.3 Å². The van der Waals surface area contributed by atoms with Crippen LogP contribution in [0.1, 0.15) is 148 Å². The Bertz CT molecular complexity index is 2210. The first-order chi connectivity index (χ1) is 36.1. The zero-order chi connectivity index (χ0) is 54.6. The van der Waals surface area contributed by atoms with E-state index in [2.05, 4.69) is 90.0 Å². The van der Waals surface area contributed by atoms with Crippen LogP contribution in [0.2, 0.25) is 0 Å². The van der Waals surface area contributed by atoms with Crippen LogP contribution in [0.5, 0.6) is 0 Å². The summed E-state index contributed by atoms with van der Waals surface area (Å²) in [5.41, 5.74) is 4.58. The fourth-order valence-electron chi connectivity index (χ4n) is 7.33. The zero-order valence-electron chi connectivity index (χ0n) is 43.8. The number of aliphatic hydroxyl groups excluding tert-OH is 2. The number of anilines is 1. The number of aromatic nitrogens is 2. The van der Waals surface area contributed by atoms with Crippen LogP contribution in [-0.2, 0) is 51.0 Å². The number of phosphoric ester groups is 2. The van der Waals surface area contributed by atoms with Crippen LogP contribution in [0.15, 0.2) is 114 Å². The van der Waals surface area contributed by atoms with Gasteiger partial charge in [0.25, 0.3) is 0 Å². The number of esters is 2. The van der Waals surface area contributed by atoms with Crippen LogP contribution in [0.3, 0.4) is 0 Å². The lowest BCUT2D eigenvalue weighted by atomic mass is 10.1. The van der Waals surface area contributed by atoms with Crippen LogP contribution in [0, 0.1) is 0 Å². The molecule has 6 N–H and O–H groups in total. The zero-order valence-corrected chi connectivity index (χ0v) is 45.5. The monoisotopic (exact) mass is 1090 g/mol. The number of nitrogens with two attached hydrogens (primary N) is 1. The molecular weight excluding hydrogens is 1010 g/mol. The second kappa shape index (κ2) is 38.2. The van der Waals surface area contributed by atoms with E-state index in [4.69, 9.17) is 33.7 Å². The molecule has 21 heteroatoms. The molecule has 3 rings (SSSR count). The molecule has 75 heavy (non-hydrogen) atoms. The Morgan fingerprint density at radius 2 is 1.16 bits per heavy atom. The Morgan fingerprint density at radius 3 is 1.73 bits per heavy atom. The van der Waals surface area contributed by atoms with Crippen molar-refractivity contribution in [2.45, 2.75) is 185 Å². The van der Waals surface area contributed by atoms with E-state index in [0.717, 1.165) is 62.1 Å². The molecule has 1 aromatic heterocycles. The molecule has 0 spiro atoms. The molecule has 2 aliphatic heterocycles. The second-order valence-corrected chi connectivity index (χ2v) is 21.1. The Morgan fingerprint density at radius 1 is 0.653 bits per heavy atom. The first kappa shape index (κ1) is 64.9. The van der Waals surface area contributed by atoms with Gasteiger partial charge in [-0.2, -0.15) is 9.29 Å². The van der Waals surface area contributed by atoms with Crippen molar-refractivity contribution in [2.24, 2.45) is 0 Å². The van der Waals surface area contributed by atoms with Gasteiger partial charge in [0.2, 0.25) is 0 Å². The van der Waals surface area contributed by atoms with Crippen molar-refractivity contribution >= 4 is 33.4 Å². The highest BCUT2D eigenvalue weighted by atomic mass is 31.3. The first-order valence-corrected chi connectivity index (χ1v) is 29.4. The van der Waals surface area contributed by atoms with Crippen LogP contribution in [-0.4, -0.2) is 97.9 Å². The van der Waals surface area contributed by atoms with E-state index in [1.807, 2.05) is 30.4 Å². The normalized spacial score (nSPS) is 22.3. The van der Waals surface area contributed by atoms with Gasteiger partial charge in [0.05, 0.1) is 25.4 Å². The van der Waals surface area contributed by atoms with Gasteiger partial charge >= 0.3 is 33.3 Å². The van der Waals surface area contributed by atoms with Crippen molar-refractivity contribution in [3.63, 3.8) is 0 Å². The van der Waals surface area contributed by atoms with Gasteiger partial charge in [-0.25, -0.2) is 13.9 Å². The molecule has 420 valence electrons. The predicted molar refractivity (Wildman–Crippen MR) is 288 cm³/mol. The van der Waals surface area contributed by atoms with E-state index in [0.29, 0.717) is 25.7 Å². The number of hydrogen-bond donors (Lipinski definition) is 5.